The Morgan fingerprint density at radius 2 is 1.79 bits per heavy atom. The first kappa shape index (κ1) is 28.7. The molecule has 0 amide bonds. The van der Waals surface area contributed by atoms with E-state index >= 15 is 17.6 Å². The van der Waals surface area contributed by atoms with Crippen LogP contribution in [0.1, 0.15) is 49.4 Å². The predicted octanol–water partition coefficient (Wildman–Crippen LogP) is 6.72. The van der Waals surface area contributed by atoms with Crippen LogP contribution in [0.4, 0.5) is 23.2 Å². The van der Waals surface area contributed by atoms with Gasteiger partial charge in [-0.05, 0) is 58.9 Å². The Labute approximate surface area is 229 Å². The normalized spacial score (nSPS) is 16.2. The minimum Gasteiger partial charge on any atom is -0.481 e. The molecular formula is C30H31F4N2O2S+. The molecule has 0 spiro atoms. The summed E-state index contributed by atoms with van der Waals surface area (Å²) in [6.07, 6.45) is 5.05. The number of carboxylic acids is 1. The van der Waals surface area contributed by atoms with Crippen molar-refractivity contribution in [1.82, 2.24) is 0 Å². The standard InChI is InChI=1S/C30H30F4N2O2S/c1-15(36(5)6)9-10-18-16(2)30(3,4)20-13-21-17(8-7-11-35-21)12-19(20)23(18)24-25(31)27(33)29(28(34)26(24)32)39-14-22(37)38/h9-10,12-13H,2,7-8,11,14H2,1,3-6H3,(H,37,38)/p+1. The molecule has 2 aliphatic rings. The van der Waals surface area contributed by atoms with Gasteiger partial charge in [-0.1, -0.05) is 20.4 Å². The average Bonchev–Trinajstić information content (AvgIpc) is 2.89. The second kappa shape index (κ2) is 10.7. The van der Waals surface area contributed by atoms with Gasteiger partial charge in [0.25, 0.3) is 0 Å². The van der Waals surface area contributed by atoms with Crippen LogP contribution >= 0.6 is 11.8 Å². The van der Waals surface area contributed by atoms with Crippen LogP contribution in [0.2, 0.25) is 0 Å². The summed E-state index contributed by atoms with van der Waals surface area (Å²) < 4.78 is 64.0. The lowest BCUT2D eigenvalue weighted by atomic mass is 9.65. The van der Waals surface area contributed by atoms with Crippen LogP contribution in [0.25, 0.3) is 5.57 Å². The van der Waals surface area contributed by atoms with Gasteiger partial charge in [0.05, 0.1) is 16.2 Å². The Morgan fingerprint density at radius 1 is 1.15 bits per heavy atom. The van der Waals surface area contributed by atoms with E-state index in [2.05, 4.69) is 11.9 Å². The lowest BCUT2D eigenvalue weighted by Gasteiger charge is -2.39. The topological polar surface area (TPSA) is 52.3 Å². The van der Waals surface area contributed by atoms with E-state index in [0.29, 0.717) is 16.7 Å². The maximum atomic E-state index is 15.8. The molecule has 0 fully saturated rings. The third-order valence-electron chi connectivity index (χ3n) is 7.48. The minimum atomic E-state index is -1.63. The number of carbonyl (C=O) groups is 1. The highest BCUT2D eigenvalue weighted by molar-refractivity contribution is 8.00. The van der Waals surface area contributed by atoms with Crippen molar-refractivity contribution in [3.8, 4) is 0 Å². The van der Waals surface area contributed by atoms with Crippen LogP contribution in [-0.2, 0) is 16.6 Å². The van der Waals surface area contributed by atoms with Crippen molar-refractivity contribution in [2.45, 2.75) is 43.9 Å². The van der Waals surface area contributed by atoms with Crippen LogP contribution in [0, 0.1) is 23.3 Å². The predicted molar refractivity (Wildman–Crippen MR) is 148 cm³/mol. The lowest BCUT2D eigenvalue weighted by molar-refractivity contribution is -0.464. The van der Waals surface area contributed by atoms with Crippen molar-refractivity contribution in [3.05, 3.63) is 87.5 Å². The summed E-state index contributed by atoms with van der Waals surface area (Å²) in [7, 11) is 3.70. The third-order valence-corrected chi connectivity index (χ3v) is 8.52. The van der Waals surface area contributed by atoms with Gasteiger partial charge in [-0.15, -0.1) is 11.8 Å². The molecule has 0 atom stereocenters. The van der Waals surface area contributed by atoms with Crippen LogP contribution in [0.3, 0.4) is 0 Å². The molecule has 0 aromatic heterocycles. The molecule has 39 heavy (non-hydrogen) atoms. The average molecular weight is 560 g/mol. The number of hydrogen-bond donors (Lipinski definition) is 2. The number of aliphatic carboxylic acids is 1. The highest BCUT2D eigenvalue weighted by Crippen LogP contribution is 2.51. The molecule has 0 saturated heterocycles. The number of nitrogens with one attached hydrogen (secondary N) is 1. The maximum Gasteiger partial charge on any atom is 0.313 e. The van der Waals surface area contributed by atoms with Crippen LogP contribution < -0.4 is 5.32 Å². The fourth-order valence-corrected chi connectivity index (χ4v) is 5.64. The van der Waals surface area contributed by atoms with Crippen LogP contribution in [-0.4, -0.2) is 47.8 Å². The lowest BCUT2D eigenvalue weighted by Crippen LogP contribution is -2.29. The van der Waals surface area contributed by atoms with Gasteiger partial charge in [-0.25, -0.2) is 22.1 Å². The first-order valence-corrected chi connectivity index (χ1v) is 13.5. The summed E-state index contributed by atoms with van der Waals surface area (Å²) in [4.78, 5) is 9.96. The van der Waals surface area contributed by atoms with Gasteiger partial charge < -0.3 is 10.4 Å². The van der Waals surface area contributed by atoms with Gasteiger partial charge >= 0.3 is 5.97 Å². The van der Waals surface area contributed by atoms with Gasteiger partial charge in [-0.3, -0.25) is 4.79 Å². The van der Waals surface area contributed by atoms with Gasteiger partial charge in [0, 0.05) is 36.2 Å². The Kier molecular flexibility index (Phi) is 7.85. The number of aryl methyl sites for hydroxylation is 1. The number of thioether (sulfide) groups is 1. The molecule has 0 unspecified atom stereocenters. The minimum absolute atomic E-state index is 0.00749. The molecule has 1 heterocycles. The Bertz CT molecular complexity index is 1470. The number of carboxylic acid groups (broad SMARTS) is 1. The zero-order chi connectivity index (χ0) is 28.8. The molecule has 0 saturated carbocycles. The number of benzene rings is 2. The van der Waals surface area contributed by atoms with E-state index in [-0.39, 0.29) is 17.3 Å². The van der Waals surface area contributed by atoms with E-state index in [1.807, 2.05) is 51.6 Å². The number of rotatable bonds is 6. The monoisotopic (exact) mass is 559 g/mol. The summed E-state index contributed by atoms with van der Waals surface area (Å²) in [6.45, 7) is 10.8. The zero-order valence-electron chi connectivity index (χ0n) is 22.6. The second-order valence-corrected chi connectivity index (χ2v) is 11.5. The van der Waals surface area contributed by atoms with E-state index in [1.165, 1.54) is 0 Å². The number of fused-ring (bicyclic) bond motifs is 2. The molecule has 4 rings (SSSR count). The first-order valence-electron chi connectivity index (χ1n) is 12.5. The summed E-state index contributed by atoms with van der Waals surface area (Å²) >= 11 is 0.194. The van der Waals surface area contributed by atoms with E-state index < -0.39 is 50.9 Å². The fraction of sp³-hybridized carbons (Fsp3) is 0.333. The summed E-state index contributed by atoms with van der Waals surface area (Å²) in [5.74, 6) is -8.53. The van der Waals surface area contributed by atoms with E-state index in [4.69, 9.17) is 5.11 Å². The molecule has 0 radical (unpaired) electrons. The molecule has 1 aliphatic carbocycles. The fourth-order valence-electron chi connectivity index (χ4n) is 4.93. The number of nitrogens with zero attached hydrogens (tertiary/aromatic N) is 1. The number of hydrogen-bond acceptors (Lipinski definition) is 3. The van der Waals surface area contributed by atoms with E-state index in [1.54, 1.807) is 12.2 Å². The number of halogens is 4. The summed E-state index contributed by atoms with van der Waals surface area (Å²) in [5.41, 5.74) is 3.29. The van der Waals surface area contributed by atoms with Crippen LogP contribution in [0.5, 0.6) is 0 Å². The zero-order valence-corrected chi connectivity index (χ0v) is 23.4. The third kappa shape index (κ3) is 5.04. The summed E-state index contributed by atoms with van der Waals surface area (Å²) in [5, 5.41) is 12.3. The smallest absolute Gasteiger partial charge is 0.313 e. The molecule has 2 aromatic rings. The highest BCUT2D eigenvalue weighted by atomic mass is 32.2. The van der Waals surface area contributed by atoms with Crippen molar-refractivity contribution in [2.75, 3.05) is 31.7 Å². The molecule has 2 aromatic carbocycles. The Balaban J connectivity index is 2.11. The molecule has 0 bridgehead atoms. The highest BCUT2D eigenvalue weighted by Gasteiger charge is 2.40. The molecule has 1 aliphatic heterocycles. The van der Waals surface area contributed by atoms with Crippen molar-refractivity contribution in [1.29, 1.82) is 0 Å². The van der Waals surface area contributed by atoms with Gasteiger partial charge in [0.2, 0.25) is 0 Å². The van der Waals surface area contributed by atoms with Crippen LogP contribution in [0.15, 0.2) is 46.9 Å². The van der Waals surface area contributed by atoms with Crippen molar-refractivity contribution >= 4 is 34.7 Å². The van der Waals surface area contributed by atoms with Gasteiger partial charge in [0.1, 0.15) is 14.1 Å². The van der Waals surface area contributed by atoms with Gasteiger partial charge in [0.15, 0.2) is 29.0 Å². The SMILES string of the molecule is C=C1C(/C=C\C(C)=[N+](C)C)=C(c2c(F)c(F)c(SCC(=O)O)c(F)c2F)c2cc3c(cc2C1(C)C)NCCC3. The van der Waals surface area contributed by atoms with E-state index in [0.717, 1.165) is 41.9 Å². The molecule has 206 valence electrons. The van der Waals surface area contributed by atoms with E-state index in [9.17, 15) is 4.79 Å². The molecule has 2 N–H and O–H groups in total. The Hall–Kier alpha value is -3.33. The Morgan fingerprint density at radius 3 is 2.38 bits per heavy atom. The second-order valence-electron chi connectivity index (χ2n) is 10.5. The number of anilines is 1. The molecule has 4 nitrogen and oxygen atoms in total. The quantitative estimate of drug-likeness (QED) is 0.136. The van der Waals surface area contributed by atoms with Crippen molar-refractivity contribution in [3.63, 3.8) is 0 Å². The maximum absolute atomic E-state index is 15.8. The van der Waals surface area contributed by atoms with Crippen molar-refractivity contribution in [2.24, 2.45) is 0 Å². The number of allylic oxidation sites excluding steroid dienone is 4. The largest absolute Gasteiger partial charge is 0.481 e. The van der Waals surface area contributed by atoms with Gasteiger partial charge in [-0.2, -0.15) is 0 Å². The molecule has 9 heteroatoms. The molecular weight excluding hydrogens is 528 g/mol. The van der Waals surface area contributed by atoms with Crippen molar-refractivity contribution < 1.29 is 32.0 Å². The first-order chi connectivity index (χ1) is 18.3. The summed E-state index contributed by atoms with van der Waals surface area (Å²) in [6, 6.07) is 3.78.